The van der Waals surface area contributed by atoms with Gasteiger partial charge in [-0.15, -0.1) is 11.6 Å². The van der Waals surface area contributed by atoms with E-state index >= 15 is 0 Å². The number of pyridine rings is 1. The first kappa shape index (κ1) is 12.7. The second-order valence-electron chi connectivity index (χ2n) is 4.44. The summed E-state index contributed by atoms with van der Waals surface area (Å²) in [6, 6.07) is 4.60. The first-order valence-corrected chi connectivity index (χ1v) is 6.64. The molecule has 3 nitrogen and oxygen atoms in total. The van der Waals surface area contributed by atoms with Crippen LogP contribution in [-0.4, -0.2) is 31.3 Å². The fourth-order valence-electron chi connectivity index (χ4n) is 2.09. The van der Waals surface area contributed by atoms with E-state index in [4.69, 9.17) is 16.3 Å². The summed E-state index contributed by atoms with van der Waals surface area (Å²) in [7, 11) is 2.08. The van der Waals surface area contributed by atoms with E-state index < -0.39 is 0 Å². The van der Waals surface area contributed by atoms with E-state index in [0.717, 1.165) is 43.1 Å². The van der Waals surface area contributed by atoms with Crippen molar-refractivity contribution in [1.82, 2.24) is 4.98 Å². The maximum Gasteiger partial charge on any atom is 0.129 e. The van der Waals surface area contributed by atoms with Gasteiger partial charge in [0, 0.05) is 25.2 Å². The van der Waals surface area contributed by atoms with Crippen LogP contribution in [0.2, 0.25) is 0 Å². The molecule has 1 aliphatic rings. The Balaban J connectivity index is 2.23. The summed E-state index contributed by atoms with van der Waals surface area (Å²) < 4.78 is 5.42. The Bertz CT molecular complexity index is 355. The van der Waals surface area contributed by atoms with Gasteiger partial charge in [0.1, 0.15) is 5.82 Å². The van der Waals surface area contributed by atoms with Gasteiger partial charge in [0.25, 0.3) is 0 Å². The van der Waals surface area contributed by atoms with Gasteiger partial charge in [-0.3, -0.25) is 0 Å². The van der Waals surface area contributed by atoms with Gasteiger partial charge >= 0.3 is 0 Å². The van der Waals surface area contributed by atoms with Gasteiger partial charge in [-0.1, -0.05) is 6.92 Å². The number of ether oxygens (including phenoxy) is 1. The molecule has 4 heteroatoms. The fraction of sp³-hybridized carbons (Fsp3) is 0.615. The van der Waals surface area contributed by atoms with Crippen molar-refractivity contribution in [3.63, 3.8) is 0 Å². The lowest BCUT2D eigenvalue weighted by molar-refractivity contribution is 0.193. The minimum atomic E-state index is 0.442. The first-order valence-electron chi connectivity index (χ1n) is 6.11. The predicted octanol–water partition coefficient (Wildman–Crippen LogP) is 2.61. The van der Waals surface area contributed by atoms with E-state index in [-0.39, 0.29) is 0 Å². The molecule has 0 bridgehead atoms. The van der Waals surface area contributed by atoms with Crippen LogP contribution in [0.3, 0.4) is 0 Å². The average Bonchev–Trinajstić information content (AvgIpc) is 2.91. The number of hydrogen-bond donors (Lipinski definition) is 0. The molecule has 1 aliphatic heterocycles. The number of nitrogens with zero attached hydrogens (tertiary/aromatic N) is 2. The number of rotatable bonds is 4. The molecule has 17 heavy (non-hydrogen) atoms. The van der Waals surface area contributed by atoms with Gasteiger partial charge < -0.3 is 9.64 Å². The van der Waals surface area contributed by atoms with Crippen molar-refractivity contribution in [2.45, 2.75) is 31.7 Å². The summed E-state index contributed by atoms with van der Waals surface area (Å²) in [5.74, 6) is 1.55. The molecule has 2 rings (SSSR count). The van der Waals surface area contributed by atoms with Crippen LogP contribution in [0.25, 0.3) is 0 Å². The molecular weight excluding hydrogens is 236 g/mol. The summed E-state index contributed by atoms with van der Waals surface area (Å²) in [5.41, 5.74) is 2.24. The molecule has 1 aromatic heterocycles. The van der Waals surface area contributed by atoms with Crippen molar-refractivity contribution in [3.05, 3.63) is 23.4 Å². The van der Waals surface area contributed by atoms with E-state index in [1.165, 1.54) is 0 Å². The van der Waals surface area contributed by atoms with Gasteiger partial charge in [0.2, 0.25) is 0 Å². The molecule has 1 saturated heterocycles. The minimum Gasteiger partial charge on any atom is -0.379 e. The SMILES string of the molecule is CCc1cc(CCl)cc(N(C)C2CCOC2)n1. The highest BCUT2D eigenvalue weighted by Gasteiger charge is 2.21. The second-order valence-corrected chi connectivity index (χ2v) is 4.71. The maximum atomic E-state index is 5.92. The topological polar surface area (TPSA) is 25.4 Å². The fourth-order valence-corrected chi connectivity index (χ4v) is 2.24. The lowest BCUT2D eigenvalue weighted by Gasteiger charge is -2.25. The van der Waals surface area contributed by atoms with Crippen LogP contribution >= 0.6 is 11.6 Å². The lowest BCUT2D eigenvalue weighted by atomic mass is 10.2. The van der Waals surface area contributed by atoms with Crippen molar-refractivity contribution in [2.24, 2.45) is 0 Å². The molecule has 0 saturated carbocycles. The number of alkyl halides is 1. The third-order valence-corrected chi connectivity index (χ3v) is 3.56. The van der Waals surface area contributed by atoms with Gasteiger partial charge in [-0.05, 0) is 30.5 Å². The van der Waals surface area contributed by atoms with Crippen LogP contribution in [0.15, 0.2) is 12.1 Å². The number of hydrogen-bond acceptors (Lipinski definition) is 3. The van der Waals surface area contributed by atoms with E-state index in [2.05, 4.69) is 36.0 Å². The highest BCUT2D eigenvalue weighted by Crippen LogP contribution is 2.21. The summed E-state index contributed by atoms with van der Waals surface area (Å²) >= 11 is 5.92. The molecule has 0 spiro atoms. The van der Waals surface area contributed by atoms with Crippen molar-refractivity contribution < 1.29 is 4.74 Å². The van der Waals surface area contributed by atoms with Gasteiger partial charge in [0.05, 0.1) is 12.6 Å². The van der Waals surface area contributed by atoms with Crippen LogP contribution in [0.4, 0.5) is 5.82 Å². The van der Waals surface area contributed by atoms with Crippen LogP contribution in [0.1, 0.15) is 24.6 Å². The molecule has 1 unspecified atom stereocenters. The van der Waals surface area contributed by atoms with Crippen LogP contribution in [0.5, 0.6) is 0 Å². The molecular formula is C13H19ClN2O. The molecule has 1 atom stereocenters. The van der Waals surface area contributed by atoms with Gasteiger partial charge in [0.15, 0.2) is 0 Å². The third-order valence-electron chi connectivity index (χ3n) is 3.26. The van der Waals surface area contributed by atoms with Crippen molar-refractivity contribution in [3.8, 4) is 0 Å². The van der Waals surface area contributed by atoms with Crippen LogP contribution in [0, 0.1) is 0 Å². The van der Waals surface area contributed by atoms with E-state index in [1.54, 1.807) is 0 Å². The van der Waals surface area contributed by atoms with E-state index in [1.807, 2.05) is 0 Å². The molecule has 0 amide bonds. The summed E-state index contributed by atoms with van der Waals surface area (Å²) in [5, 5.41) is 0. The Labute approximate surface area is 108 Å². The highest BCUT2D eigenvalue weighted by molar-refractivity contribution is 6.17. The summed E-state index contributed by atoms with van der Waals surface area (Å²) in [6.07, 6.45) is 2.01. The van der Waals surface area contributed by atoms with Gasteiger partial charge in [-0.25, -0.2) is 4.98 Å². The molecule has 2 heterocycles. The zero-order valence-electron chi connectivity index (χ0n) is 10.4. The Morgan fingerprint density at radius 2 is 2.35 bits per heavy atom. The molecule has 1 fully saturated rings. The monoisotopic (exact) mass is 254 g/mol. The van der Waals surface area contributed by atoms with Crippen molar-refractivity contribution in [2.75, 3.05) is 25.2 Å². The quantitative estimate of drug-likeness (QED) is 0.773. The largest absolute Gasteiger partial charge is 0.379 e. The van der Waals surface area contributed by atoms with Crippen LogP contribution < -0.4 is 4.90 Å². The number of aryl methyl sites for hydroxylation is 1. The maximum absolute atomic E-state index is 5.92. The van der Waals surface area contributed by atoms with Crippen LogP contribution in [-0.2, 0) is 17.0 Å². The normalized spacial score (nSPS) is 19.6. The average molecular weight is 255 g/mol. The molecule has 0 radical (unpaired) electrons. The van der Waals surface area contributed by atoms with Gasteiger partial charge in [-0.2, -0.15) is 0 Å². The van der Waals surface area contributed by atoms with Crippen molar-refractivity contribution >= 4 is 17.4 Å². The summed E-state index contributed by atoms with van der Waals surface area (Å²) in [6.45, 7) is 3.76. The molecule has 0 N–H and O–H groups in total. The number of aromatic nitrogens is 1. The second kappa shape index (κ2) is 5.69. The number of likely N-dealkylation sites (N-methyl/N-ethyl adjacent to an activating group) is 1. The van der Waals surface area contributed by atoms with E-state index in [0.29, 0.717) is 11.9 Å². The van der Waals surface area contributed by atoms with Crippen molar-refractivity contribution in [1.29, 1.82) is 0 Å². The Hall–Kier alpha value is -0.800. The Morgan fingerprint density at radius 3 is 2.94 bits per heavy atom. The standard InChI is InChI=1S/C13H19ClN2O/c1-3-11-6-10(8-14)7-13(15-11)16(2)12-4-5-17-9-12/h6-7,12H,3-5,8-9H2,1-2H3. The predicted molar refractivity (Wildman–Crippen MR) is 70.8 cm³/mol. The Morgan fingerprint density at radius 1 is 1.53 bits per heavy atom. The van der Waals surface area contributed by atoms with E-state index in [9.17, 15) is 0 Å². The minimum absolute atomic E-state index is 0.442. The molecule has 94 valence electrons. The first-order chi connectivity index (χ1) is 8.24. The smallest absolute Gasteiger partial charge is 0.129 e. The number of anilines is 1. The lowest BCUT2D eigenvalue weighted by Crippen LogP contribution is -2.32. The zero-order valence-corrected chi connectivity index (χ0v) is 11.2. The zero-order chi connectivity index (χ0) is 12.3. The number of halogens is 1. The molecule has 0 aromatic carbocycles. The molecule has 0 aliphatic carbocycles. The third kappa shape index (κ3) is 2.90. The molecule has 1 aromatic rings. The Kier molecular flexibility index (Phi) is 4.24. The summed E-state index contributed by atoms with van der Waals surface area (Å²) in [4.78, 5) is 6.87. The highest BCUT2D eigenvalue weighted by atomic mass is 35.5.